The van der Waals surface area contributed by atoms with Crippen molar-refractivity contribution in [2.24, 2.45) is 5.92 Å². The summed E-state index contributed by atoms with van der Waals surface area (Å²) < 4.78 is 10.8. The zero-order valence-electron chi connectivity index (χ0n) is 19.9. The van der Waals surface area contributed by atoms with E-state index in [9.17, 15) is 4.79 Å². The second-order valence-electron chi connectivity index (χ2n) is 9.34. The highest BCUT2D eigenvalue weighted by molar-refractivity contribution is 5.94. The highest BCUT2D eigenvalue weighted by Gasteiger charge is 2.38. The second kappa shape index (κ2) is 9.90. The predicted octanol–water partition coefficient (Wildman–Crippen LogP) is 4.62. The molecule has 34 heavy (non-hydrogen) atoms. The quantitative estimate of drug-likeness (QED) is 0.543. The number of carbonyl (C=O) groups is 1. The number of carbonyl (C=O) groups excluding carboxylic acids is 1. The van der Waals surface area contributed by atoms with Crippen molar-refractivity contribution in [2.45, 2.75) is 18.9 Å². The average molecular weight is 457 g/mol. The van der Waals surface area contributed by atoms with E-state index in [0.29, 0.717) is 23.8 Å². The molecule has 0 aliphatic carbocycles. The van der Waals surface area contributed by atoms with Gasteiger partial charge in [0, 0.05) is 44.2 Å². The summed E-state index contributed by atoms with van der Waals surface area (Å²) in [4.78, 5) is 18.0. The number of nitrogens with zero attached hydrogens (tertiary/aromatic N) is 2. The maximum absolute atomic E-state index is 13.4. The van der Waals surface area contributed by atoms with E-state index in [-0.39, 0.29) is 11.8 Å². The fourth-order valence-electron chi connectivity index (χ4n) is 5.45. The first-order valence-electron chi connectivity index (χ1n) is 12.0. The first-order valence-corrected chi connectivity index (χ1v) is 12.0. The molecule has 5 nitrogen and oxygen atoms in total. The van der Waals surface area contributed by atoms with Gasteiger partial charge in [0.05, 0.1) is 14.2 Å². The van der Waals surface area contributed by atoms with Crippen molar-refractivity contribution in [3.05, 3.63) is 95.1 Å². The van der Waals surface area contributed by atoms with Crippen LogP contribution in [0.5, 0.6) is 11.5 Å². The normalized spacial score (nSPS) is 20.1. The lowest BCUT2D eigenvalue weighted by Gasteiger charge is -2.32. The van der Waals surface area contributed by atoms with Crippen molar-refractivity contribution < 1.29 is 14.3 Å². The topological polar surface area (TPSA) is 42.0 Å². The molecule has 2 atom stereocenters. The third kappa shape index (κ3) is 4.66. The van der Waals surface area contributed by atoms with Crippen LogP contribution in [0.15, 0.2) is 72.8 Å². The summed E-state index contributed by atoms with van der Waals surface area (Å²) in [6, 6.07) is 24.5. The van der Waals surface area contributed by atoms with Gasteiger partial charge in [-0.25, -0.2) is 0 Å². The Bertz CT molecular complexity index is 1160. The summed E-state index contributed by atoms with van der Waals surface area (Å²) in [7, 11) is 3.33. The minimum absolute atomic E-state index is 0.0679. The molecule has 3 aromatic carbocycles. The fraction of sp³-hybridized carbons (Fsp3) is 0.345. The van der Waals surface area contributed by atoms with Gasteiger partial charge in [0.1, 0.15) is 11.5 Å². The highest BCUT2D eigenvalue weighted by Crippen LogP contribution is 2.36. The molecule has 3 aromatic rings. The molecular formula is C29H32N2O3. The Morgan fingerprint density at radius 3 is 2.41 bits per heavy atom. The van der Waals surface area contributed by atoms with Gasteiger partial charge in [-0.1, -0.05) is 42.5 Å². The Hall–Kier alpha value is -3.31. The molecule has 5 heteroatoms. The monoisotopic (exact) mass is 456 g/mol. The first kappa shape index (κ1) is 22.5. The fourth-order valence-corrected chi connectivity index (χ4v) is 5.45. The van der Waals surface area contributed by atoms with Gasteiger partial charge in [-0.15, -0.1) is 0 Å². The van der Waals surface area contributed by atoms with Crippen molar-refractivity contribution >= 4 is 5.91 Å². The van der Waals surface area contributed by atoms with E-state index < -0.39 is 0 Å². The molecule has 0 N–H and O–H groups in total. The number of methoxy groups -OCH3 is 2. The summed E-state index contributed by atoms with van der Waals surface area (Å²) in [6.07, 6.45) is 1.08. The van der Waals surface area contributed by atoms with Crippen LogP contribution >= 0.6 is 0 Å². The summed E-state index contributed by atoms with van der Waals surface area (Å²) in [5.74, 6) is 2.26. The molecule has 0 aromatic heterocycles. The molecule has 0 radical (unpaired) electrons. The zero-order chi connectivity index (χ0) is 23.5. The first-order chi connectivity index (χ1) is 16.6. The molecule has 176 valence electrons. The highest BCUT2D eigenvalue weighted by atomic mass is 16.5. The van der Waals surface area contributed by atoms with Gasteiger partial charge in [-0.2, -0.15) is 0 Å². The molecule has 1 saturated heterocycles. The van der Waals surface area contributed by atoms with Crippen LogP contribution in [0.2, 0.25) is 0 Å². The van der Waals surface area contributed by atoms with E-state index in [1.807, 2.05) is 35.2 Å². The molecule has 1 amide bonds. The third-order valence-corrected chi connectivity index (χ3v) is 7.27. The molecule has 1 fully saturated rings. The van der Waals surface area contributed by atoms with Crippen molar-refractivity contribution in [1.82, 2.24) is 9.80 Å². The number of benzene rings is 3. The number of hydrogen-bond donors (Lipinski definition) is 0. The van der Waals surface area contributed by atoms with Gasteiger partial charge in [-0.05, 0) is 59.4 Å². The van der Waals surface area contributed by atoms with Crippen LogP contribution in [-0.4, -0.2) is 56.1 Å². The Balaban J connectivity index is 1.38. The summed E-state index contributed by atoms with van der Waals surface area (Å²) >= 11 is 0. The molecule has 0 bridgehead atoms. The van der Waals surface area contributed by atoms with Gasteiger partial charge >= 0.3 is 0 Å². The van der Waals surface area contributed by atoms with Crippen LogP contribution in [-0.2, 0) is 13.0 Å². The van der Waals surface area contributed by atoms with Gasteiger partial charge in [0.25, 0.3) is 5.91 Å². The maximum Gasteiger partial charge on any atom is 0.254 e. The van der Waals surface area contributed by atoms with Crippen molar-refractivity contribution in [3.8, 4) is 11.5 Å². The molecule has 0 saturated carbocycles. The lowest BCUT2D eigenvalue weighted by Crippen LogP contribution is -2.37. The molecule has 2 heterocycles. The largest absolute Gasteiger partial charge is 0.497 e. The van der Waals surface area contributed by atoms with Crippen LogP contribution in [0.25, 0.3) is 0 Å². The molecular weight excluding hydrogens is 424 g/mol. The SMILES string of the molecule is COc1cccc(C(=O)N2CC(CN3CCc4ccccc4C3)C(c3cccc(OC)c3)C2)c1. The molecule has 2 unspecified atom stereocenters. The van der Waals surface area contributed by atoms with Crippen molar-refractivity contribution in [3.63, 3.8) is 0 Å². The molecule has 0 spiro atoms. The van der Waals surface area contributed by atoms with Crippen LogP contribution in [0, 0.1) is 5.92 Å². The summed E-state index contributed by atoms with van der Waals surface area (Å²) in [5, 5.41) is 0. The van der Waals surface area contributed by atoms with Crippen LogP contribution in [0.3, 0.4) is 0 Å². The Morgan fingerprint density at radius 1 is 0.882 bits per heavy atom. The molecule has 2 aliphatic rings. The number of rotatable bonds is 6. The zero-order valence-corrected chi connectivity index (χ0v) is 19.9. The van der Waals surface area contributed by atoms with Crippen LogP contribution < -0.4 is 9.47 Å². The van der Waals surface area contributed by atoms with E-state index >= 15 is 0 Å². The van der Waals surface area contributed by atoms with Gasteiger partial charge < -0.3 is 14.4 Å². The summed E-state index contributed by atoms with van der Waals surface area (Å²) in [6.45, 7) is 4.45. The van der Waals surface area contributed by atoms with Crippen LogP contribution in [0.1, 0.15) is 33.0 Å². The predicted molar refractivity (Wildman–Crippen MR) is 134 cm³/mol. The van der Waals surface area contributed by atoms with Gasteiger partial charge in [-0.3, -0.25) is 9.69 Å². The van der Waals surface area contributed by atoms with E-state index in [1.54, 1.807) is 14.2 Å². The summed E-state index contributed by atoms with van der Waals surface area (Å²) in [5.41, 5.74) is 4.80. The second-order valence-corrected chi connectivity index (χ2v) is 9.34. The maximum atomic E-state index is 13.4. The number of amides is 1. The molecule has 2 aliphatic heterocycles. The van der Waals surface area contributed by atoms with Crippen LogP contribution in [0.4, 0.5) is 0 Å². The van der Waals surface area contributed by atoms with Crippen molar-refractivity contribution in [2.75, 3.05) is 40.4 Å². The minimum Gasteiger partial charge on any atom is -0.497 e. The molecule has 5 rings (SSSR count). The lowest BCUT2D eigenvalue weighted by atomic mass is 9.87. The van der Waals surface area contributed by atoms with Gasteiger partial charge in [0.2, 0.25) is 0 Å². The number of hydrogen-bond acceptors (Lipinski definition) is 4. The number of ether oxygens (including phenoxy) is 2. The van der Waals surface area contributed by atoms with E-state index in [2.05, 4.69) is 47.4 Å². The Morgan fingerprint density at radius 2 is 1.62 bits per heavy atom. The average Bonchev–Trinajstić information content (AvgIpc) is 3.32. The Kier molecular flexibility index (Phi) is 6.54. The lowest BCUT2D eigenvalue weighted by molar-refractivity contribution is 0.0781. The van der Waals surface area contributed by atoms with Gasteiger partial charge in [0.15, 0.2) is 0 Å². The van der Waals surface area contributed by atoms with E-state index in [1.165, 1.54) is 16.7 Å². The van der Waals surface area contributed by atoms with E-state index in [4.69, 9.17) is 9.47 Å². The number of fused-ring (bicyclic) bond motifs is 1. The standard InChI is InChI=1S/C29H32N2O3/c1-33-26-11-5-9-22(15-26)28-20-31(29(32)23-10-6-12-27(16-23)34-2)19-25(28)18-30-14-13-21-7-3-4-8-24(21)17-30/h3-12,15-16,25,28H,13-14,17-20H2,1-2H3. The smallest absolute Gasteiger partial charge is 0.254 e. The Labute approximate surface area is 201 Å². The van der Waals surface area contributed by atoms with E-state index in [0.717, 1.165) is 38.3 Å². The third-order valence-electron chi connectivity index (χ3n) is 7.27. The minimum atomic E-state index is 0.0679. The van der Waals surface area contributed by atoms with Crippen molar-refractivity contribution in [1.29, 1.82) is 0 Å². The number of likely N-dealkylation sites (tertiary alicyclic amines) is 1.